The fourth-order valence-corrected chi connectivity index (χ4v) is 1.71. The molecule has 0 unspecified atom stereocenters. The van der Waals surface area contributed by atoms with Crippen molar-refractivity contribution in [1.29, 1.82) is 0 Å². The highest BCUT2D eigenvalue weighted by Gasteiger charge is 2.04. The first-order chi connectivity index (χ1) is 6.15. The summed E-state index contributed by atoms with van der Waals surface area (Å²) in [6.07, 6.45) is 0. The van der Waals surface area contributed by atoms with Crippen LogP contribution < -0.4 is 5.73 Å². The van der Waals surface area contributed by atoms with E-state index in [4.69, 9.17) is 40.5 Å². The third-order valence-electron chi connectivity index (χ3n) is 1.32. The van der Waals surface area contributed by atoms with Crippen molar-refractivity contribution in [2.45, 2.75) is 0 Å². The van der Waals surface area contributed by atoms with Crippen molar-refractivity contribution in [3.63, 3.8) is 0 Å². The summed E-state index contributed by atoms with van der Waals surface area (Å²) in [6, 6.07) is 3.19. The van der Waals surface area contributed by atoms with Gasteiger partial charge in [0.1, 0.15) is 0 Å². The molecule has 68 valence electrons. The van der Waals surface area contributed by atoms with Crippen LogP contribution in [0, 0.1) is 11.8 Å². The Morgan fingerprint density at radius 1 is 1.15 bits per heavy atom. The number of rotatable bonds is 0. The molecule has 0 aliphatic carbocycles. The second-order valence-electron chi connectivity index (χ2n) is 2.25. The van der Waals surface area contributed by atoms with Gasteiger partial charge in [-0.15, -0.1) is 0 Å². The van der Waals surface area contributed by atoms with Crippen molar-refractivity contribution in [3.8, 4) is 11.8 Å². The molecule has 0 atom stereocenters. The van der Waals surface area contributed by atoms with Crippen molar-refractivity contribution in [3.05, 3.63) is 32.8 Å². The standard InChI is InChI=1S/C9H6Cl3N/c10-6-4-8(11)7(2-1-3-13)9(12)5-6/h4-5H,3,13H2. The maximum absolute atomic E-state index is 5.86. The van der Waals surface area contributed by atoms with Gasteiger partial charge in [-0.3, -0.25) is 0 Å². The molecule has 1 aromatic rings. The van der Waals surface area contributed by atoms with Gasteiger partial charge >= 0.3 is 0 Å². The van der Waals surface area contributed by atoms with Gasteiger partial charge in [-0.05, 0) is 12.1 Å². The first-order valence-electron chi connectivity index (χ1n) is 3.48. The smallest absolute Gasteiger partial charge is 0.0619 e. The fourth-order valence-electron chi connectivity index (χ4n) is 0.801. The molecular weight excluding hydrogens is 228 g/mol. The van der Waals surface area contributed by atoms with E-state index >= 15 is 0 Å². The van der Waals surface area contributed by atoms with Crippen LogP contribution in [-0.4, -0.2) is 6.54 Å². The van der Waals surface area contributed by atoms with Gasteiger partial charge < -0.3 is 5.73 Å². The average Bonchev–Trinajstić information content (AvgIpc) is 2.02. The first kappa shape index (κ1) is 10.7. The Hall–Kier alpha value is -0.390. The zero-order valence-corrected chi connectivity index (χ0v) is 8.84. The molecule has 0 saturated heterocycles. The van der Waals surface area contributed by atoms with Crippen LogP contribution in [0.15, 0.2) is 12.1 Å². The van der Waals surface area contributed by atoms with Crippen molar-refractivity contribution in [2.75, 3.05) is 6.54 Å². The Morgan fingerprint density at radius 3 is 2.15 bits per heavy atom. The van der Waals surface area contributed by atoms with E-state index < -0.39 is 0 Å². The molecule has 1 nitrogen and oxygen atoms in total. The van der Waals surface area contributed by atoms with E-state index in [0.29, 0.717) is 20.6 Å². The second-order valence-corrected chi connectivity index (χ2v) is 3.50. The number of hydrogen-bond donors (Lipinski definition) is 1. The largest absolute Gasteiger partial charge is 0.320 e. The van der Waals surface area contributed by atoms with E-state index in [9.17, 15) is 0 Å². The van der Waals surface area contributed by atoms with Crippen molar-refractivity contribution in [2.24, 2.45) is 5.73 Å². The lowest BCUT2D eigenvalue weighted by Gasteiger charge is -1.99. The van der Waals surface area contributed by atoms with Crippen LogP contribution in [-0.2, 0) is 0 Å². The molecule has 0 saturated carbocycles. The summed E-state index contributed by atoms with van der Waals surface area (Å²) < 4.78 is 0. The molecule has 0 spiro atoms. The Kier molecular flexibility index (Phi) is 3.90. The Labute approximate surface area is 91.8 Å². The lowest BCUT2D eigenvalue weighted by molar-refractivity contribution is 1.30. The molecular formula is C9H6Cl3N. The highest BCUT2D eigenvalue weighted by Crippen LogP contribution is 2.27. The maximum Gasteiger partial charge on any atom is 0.0619 e. The van der Waals surface area contributed by atoms with Crippen LogP contribution in [0.3, 0.4) is 0 Å². The second kappa shape index (κ2) is 4.74. The van der Waals surface area contributed by atoms with Crippen LogP contribution in [0.25, 0.3) is 0 Å². The van der Waals surface area contributed by atoms with Gasteiger partial charge in [-0.25, -0.2) is 0 Å². The first-order valence-corrected chi connectivity index (χ1v) is 4.62. The summed E-state index contributed by atoms with van der Waals surface area (Å²) in [4.78, 5) is 0. The Bertz CT molecular complexity index is 353. The van der Waals surface area contributed by atoms with Gasteiger partial charge in [-0.1, -0.05) is 46.6 Å². The van der Waals surface area contributed by atoms with Crippen LogP contribution in [0.4, 0.5) is 0 Å². The van der Waals surface area contributed by atoms with Gasteiger partial charge in [-0.2, -0.15) is 0 Å². The monoisotopic (exact) mass is 233 g/mol. The fraction of sp³-hybridized carbons (Fsp3) is 0.111. The number of halogens is 3. The molecule has 1 rings (SSSR count). The summed E-state index contributed by atoms with van der Waals surface area (Å²) in [7, 11) is 0. The summed E-state index contributed by atoms with van der Waals surface area (Å²) in [5.74, 6) is 5.44. The van der Waals surface area contributed by atoms with E-state index in [1.165, 1.54) is 0 Å². The average molecular weight is 235 g/mol. The number of hydrogen-bond acceptors (Lipinski definition) is 1. The van der Waals surface area contributed by atoms with E-state index in [2.05, 4.69) is 11.8 Å². The quantitative estimate of drug-likeness (QED) is 0.686. The molecule has 1 aromatic carbocycles. The summed E-state index contributed by atoms with van der Waals surface area (Å²) >= 11 is 17.4. The molecule has 0 aliphatic rings. The SMILES string of the molecule is NCC#Cc1c(Cl)cc(Cl)cc1Cl. The molecule has 0 aromatic heterocycles. The van der Waals surface area contributed by atoms with E-state index in [-0.39, 0.29) is 6.54 Å². The summed E-state index contributed by atoms with van der Waals surface area (Å²) in [5.41, 5.74) is 5.79. The van der Waals surface area contributed by atoms with Crippen molar-refractivity contribution >= 4 is 34.8 Å². The minimum absolute atomic E-state index is 0.273. The predicted molar refractivity (Wildman–Crippen MR) is 57.4 cm³/mol. The molecule has 0 amide bonds. The van der Waals surface area contributed by atoms with Gasteiger partial charge in [0, 0.05) is 5.02 Å². The summed E-state index contributed by atoms with van der Waals surface area (Å²) in [5, 5.41) is 1.38. The molecule has 4 heteroatoms. The van der Waals surface area contributed by atoms with Gasteiger partial charge in [0.25, 0.3) is 0 Å². The molecule has 0 aliphatic heterocycles. The van der Waals surface area contributed by atoms with Crippen molar-refractivity contribution in [1.82, 2.24) is 0 Å². The number of benzene rings is 1. The van der Waals surface area contributed by atoms with Crippen LogP contribution in [0.1, 0.15) is 5.56 Å². The van der Waals surface area contributed by atoms with Gasteiger partial charge in [0.2, 0.25) is 0 Å². The third-order valence-corrected chi connectivity index (χ3v) is 2.14. The molecule has 0 heterocycles. The summed E-state index contributed by atoms with van der Waals surface area (Å²) in [6.45, 7) is 0.273. The molecule has 0 radical (unpaired) electrons. The van der Waals surface area contributed by atoms with E-state index in [0.717, 1.165) is 0 Å². The minimum atomic E-state index is 0.273. The molecule has 0 fully saturated rings. The topological polar surface area (TPSA) is 26.0 Å². The predicted octanol–water partition coefficient (Wildman–Crippen LogP) is 2.96. The van der Waals surface area contributed by atoms with Crippen LogP contribution >= 0.6 is 34.8 Å². The Morgan fingerprint density at radius 2 is 1.69 bits per heavy atom. The van der Waals surface area contributed by atoms with Gasteiger partial charge in [0.05, 0.1) is 22.2 Å². The van der Waals surface area contributed by atoms with Crippen LogP contribution in [0.5, 0.6) is 0 Å². The zero-order chi connectivity index (χ0) is 9.84. The van der Waals surface area contributed by atoms with Crippen LogP contribution in [0.2, 0.25) is 15.1 Å². The zero-order valence-electron chi connectivity index (χ0n) is 6.57. The molecule has 13 heavy (non-hydrogen) atoms. The normalized spacial score (nSPS) is 9.23. The van der Waals surface area contributed by atoms with Crippen molar-refractivity contribution < 1.29 is 0 Å². The minimum Gasteiger partial charge on any atom is -0.320 e. The highest BCUT2D eigenvalue weighted by atomic mass is 35.5. The molecule has 0 bridgehead atoms. The number of nitrogens with two attached hydrogens (primary N) is 1. The Balaban J connectivity index is 3.21. The molecule has 2 N–H and O–H groups in total. The van der Waals surface area contributed by atoms with E-state index in [1.54, 1.807) is 12.1 Å². The third kappa shape index (κ3) is 2.79. The van der Waals surface area contributed by atoms with E-state index in [1.807, 2.05) is 0 Å². The van der Waals surface area contributed by atoms with Gasteiger partial charge in [0.15, 0.2) is 0 Å². The lowest BCUT2D eigenvalue weighted by Crippen LogP contribution is -1.93. The maximum atomic E-state index is 5.86. The lowest BCUT2D eigenvalue weighted by atomic mass is 10.2. The highest BCUT2D eigenvalue weighted by molar-refractivity contribution is 6.39.